The Morgan fingerprint density at radius 1 is 1.13 bits per heavy atom. The Kier molecular flexibility index (Phi) is 7.36. The molecule has 0 spiro atoms. The number of nitrogens with one attached hydrogen (secondary N) is 2. The lowest BCUT2D eigenvalue weighted by Crippen LogP contribution is -2.24. The first-order valence-corrected chi connectivity index (χ1v) is 10.7. The normalized spacial score (nSPS) is 10.7. The van der Waals surface area contributed by atoms with Gasteiger partial charge >= 0.3 is 0 Å². The summed E-state index contributed by atoms with van der Waals surface area (Å²) in [5.74, 6) is 0.289. The van der Waals surface area contributed by atoms with Gasteiger partial charge in [-0.15, -0.1) is 10.2 Å². The van der Waals surface area contributed by atoms with E-state index in [4.69, 9.17) is 23.2 Å². The molecular weight excluding hydrogens is 445 g/mol. The second-order valence-electron chi connectivity index (χ2n) is 6.47. The fourth-order valence-electron chi connectivity index (χ4n) is 2.58. The van der Waals surface area contributed by atoms with Gasteiger partial charge in [-0.05, 0) is 37.3 Å². The van der Waals surface area contributed by atoms with Crippen LogP contribution in [0.5, 0.6) is 0 Å². The molecule has 0 aliphatic rings. The third-order valence-electron chi connectivity index (χ3n) is 4.15. The van der Waals surface area contributed by atoms with E-state index < -0.39 is 0 Å². The first-order chi connectivity index (χ1) is 14.3. The number of aromatic nitrogens is 3. The van der Waals surface area contributed by atoms with Gasteiger partial charge in [0.1, 0.15) is 0 Å². The summed E-state index contributed by atoms with van der Waals surface area (Å²) in [6.07, 6.45) is 0. The van der Waals surface area contributed by atoms with Crippen molar-refractivity contribution < 1.29 is 9.59 Å². The lowest BCUT2D eigenvalue weighted by Gasteiger charge is -2.08. The average Bonchev–Trinajstić information content (AvgIpc) is 3.06. The molecule has 156 valence electrons. The van der Waals surface area contributed by atoms with E-state index in [9.17, 15) is 9.59 Å². The van der Waals surface area contributed by atoms with Crippen molar-refractivity contribution in [2.24, 2.45) is 7.05 Å². The van der Waals surface area contributed by atoms with Crippen LogP contribution in [-0.2, 0) is 18.4 Å². The van der Waals surface area contributed by atoms with Crippen LogP contribution in [0.1, 0.15) is 21.7 Å². The second kappa shape index (κ2) is 9.97. The zero-order valence-corrected chi connectivity index (χ0v) is 18.6. The Balaban J connectivity index is 1.53. The highest BCUT2D eigenvalue weighted by Gasteiger charge is 2.14. The number of aryl methyl sites for hydroxylation is 1. The smallest absolute Gasteiger partial charge is 0.251 e. The molecule has 0 atom stereocenters. The van der Waals surface area contributed by atoms with Crippen LogP contribution < -0.4 is 10.6 Å². The van der Waals surface area contributed by atoms with E-state index >= 15 is 0 Å². The highest BCUT2D eigenvalue weighted by Crippen LogP contribution is 2.26. The molecule has 7 nitrogen and oxygen atoms in total. The molecule has 0 aliphatic heterocycles. The van der Waals surface area contributed by atoms with E-state index in [0.717, 1.165) is 5.56 Å². The zero-order valence-electron chi connectivity index (χ0n) is 16.3. The third-order valence-corrected chi connectivity index (χ3v) is 5.72. The number of benzene rings is 2. The van der Waals surface area contributed by atoms with Crippen LogP contribution in [0.15, 0.2) is 47.6 Å². The fraction of sp³-hybridized carbons (Fsp3) is 0.200. The minimum absolute atomic E-state index is 0.126. The van der Waals surface area contributed by atoms with Crippen molar-refractivity contribution >= 4 is 52.5 Å². The van der Waals surface area contributed by atoms with Gasteiger partial charge in [-0.25, -0.2) is 0 Å². The van der Waals surface area contributed by atoms with Crippen molar-refractivity contribution in [3.8, 4) is 0 Å². The van der Waals surface area contributed by atoms with E-state index in [-0.39, 0.29) is 24.1 Å². The number of nitrogens with zero attached hydrogens (tertiary/aromatic N) is 3. The SMILES string of the molecule is Cc1cccc(C(=O)NCc2nnc(SCC(=O)Nc3ccc(Cl)cc3Cl)n2C)c1. The first-order valence-electron chi connectivity index (χ1n) is 8.94. The topological polar surface area (TPSA) is 88.9 Å². The van der Waals surface area contributed by atoms with Gasteiger partial charge in [-0.2, -0.15) is 0 Å². The van der Waals surface area contributed by atoms with Gasteiger partial charge < -0.3 is 15.2 Å². The number of carbonyl (C=O) groups is 2. The Bertz CT molecular complexity index is 1090. The molecule has 0 saturated heterocycles. The van der Waals surface area contributed by atoms with Gasteiger partial charge in [0, 0.05) is 17.6 Å². The summed E-state index contributed by atoms with van der Waals surface area (Å²) in [5.41, 5.74) is 2.09. The molecule has 1 aromatic heterocycles. The molecule has 3 aromatic rings. The van der Waals surface area contributed by atoms with Gasteiger partial charge in [0.2, 0.25) is 5.91 Å². The highest BCUT2D eigenvalue weighted by molar-refractivity contribution is 7.99. The number of halogens is 2. The quantitative estimate of drug-likeness (QED) is 0.515. The van der Waals surface area contributed by atoms with Crippen LogP contribution in [-0.4, -0.2) is 32.3 Å². The summed E-state index contributed by atoms with van der Waals surface area (Å²) in [6, 6.07) is 12.2. The molecule has 1 heterocycles. The van der Waals surface area contributed by atoms with Crippen LogP contribution in [0.3, 0.4) is 0 Å². The number of hydrogen-bond donors (Lipinski definition) is 2. The first kappa shape index (κ1) is 22.1. The molecule has 0 aliphatic carbocycles. The number of carbonyl (C=O) groups excluding carboxylic acids is 2. The maximum Gasteiger partial charge on any atom is 0.251 e. The van der Waals surface area contributed by atoms with Crippen molar-refractivity contribution in [1.82, 2.24) is 20.1 Å². The minimum atomic E-state index is -0.235. The molecule has 0 radical (unpaired) electrons. The van der Waals surface area contributed by atoms with Gasteiger partial charge in [-0.1, -0.05) is 52.7 Å². The summed E-state index contributed by atoms with van der Waals surface area (Å²) in [5, 5.41) is 15.2. The average molecular weight is 464 g/mol. The van der Waals surface area contributed by atoms with Crippen LogP contribution in [0, 0.1) is 6.92 Å². The molecule has 0 bridgehead atoms. The van der Waals surface area contributed by atoms with Crippen LogP contribution in [0.2, 0.25) is 10.0 Å². The van der Waals surface area contributed by atoms with Gasteiger partial charge in [-0.3, -0.25) is 9.59 Å². The summed E-state index contributed by atoms with van der Waals surface area (Å²) in [4.78, 5) is 24.5. The van der Waals surface area contributed by atoms with Crippen molar-refractivity contribution in [3.63, 3.8) is 0 Å². The van der Waals surface area contributed by atoms with Crippen molar-refractivity contribution in [1.29, 1.82) is 0 Å². The van der Waals surface area contributed by atoms with Crippen molar-refractivity contribution in [2.75, 3.05) is 11.1 Å². The highest BCUT2D eigenvalue weighted by atomic mass is 35.5. The molecule has 2 amide bonds. The molecule has 0 saturated carbocycles. The standard InChI is InChI=1S/C20H19Cl2N5O2S/c1-12-4-3-5-13(8-12)19(29)23-10-17-25-26-20(27(17)2)30-11-18(28)24-16-7-6-14(21)9-15(16)22/h3-9H,10-11H2,1-2H3,(H,23,29)(H,24,28). The van der Waals surface area contributed by atoms with E-state index in [2.05, 4.69) is 20.8 Å². The number of hydrogen-bond acceptors (Lipinski definition) is 5. The second-order valence-corrected chi connectivity index (χ2v) is 8.26. The van der Waals surface area contributed by atoms with E-state index in [1.54, 1.807) is 35.9 Å². The van der Waals surface area contributed by atoms with Crippen LogP contribution >= 0.6 is 35.0 Å². The van der Waals surface area contributed by atoms with Crippen molar-refractivity contribution in [2.45, 2.75) is 18.6 Å². The predicted molar refractivity (Wildman–Crippen MR) is 119 cm³/mol. The van der Waals surface area contributed by atoms with E-state index in [0.29, 0.717) is 32.3 Å². The number of amides is 2. The van der Waals surface area contributed by atoms with Crippen molar-refractivity contribution in [3.05, 3.63) is 69.5 Å². The molecule has 0 fully saturated rings. The Morgan fingerprint density at radius 2 is 1.93 bits per heavy atom. The van der Waals surface area contributed by atoms with Crippen LogP contribution in [0.25, 0.3) is 0 Å². The molecule has 3 rings (SSSR count). The monoisotopic (exact) mass is 463 g/mol. The summed E-state index contributed by atoms with van der Waals surface area (Å²) < 4.78 is 1.74. The molecule has 30 heavy (non-hydrogen) atoms. The number of anilines is 1. The molecular formula is C20H19Cl2N5O2S. The maximum atomic E-state index is 12.3. The summed E-state index contributed by atoms with van der Waals surface area (Å²) >= 11 is 13.2. The number of rotatable bonds is 7. The van der Waals surface area contributed by atoms with Gasteiger partial charge in [0.25, 0.3) is 5.91 Å². The number of thioether (sulfide) groups is 1. The molecule has 10 heteroatoms. The zero-order chi connectivity index (χ0) is 21.7. The predicted octanol–water partition coefficient (Wildman–Crippen LogP) is 4.09. The largest absolute Gasteiger partial charge is 0.345 e. The third kappa shape index (κ3) is 5.75. The van der Waals surface area contributed by atoms with Gasteiger partial charge in [0.05, 0.1) is 23.0 Å². The van der Waals surface area contributed by atoms with Gasteiger partial charge in [0.15, 0.2) is 11.0 Å². The Morgan fingerprint density at radius 3 is 2.67 bits per heavy atom. The lowest BCUT2D eigenvalue weighted by atomic mass is 10.1. The molecule has 0 unspecified atom stereocenters. The molecule has 2 aromatic carbocycles. The summed E-state index contributed by atoms with van der Waals surface area (Å²) in [6.45, 7) is 2.16. The lowest BCUT2D eigenvalue weighted by molar-refractivity contribution is -0.113. The van der Waals surface area contributed by atoms with E-state index in [1.807, 2.05) is 25.1 Å². The Labute approximate surface area is 188 Å². The minimum Gasteiger partial charge on any atom is -0.345 e. The summed E-state index contributed by atoms with van der Waals surface area (Å²) in [7, 11) is 1.78. The Hall–Kier alpha value is -2.55. The maximum absolute atomic E-state index is 12.3. The van der Waals surface area contributed by atoms with E-state index in [1.165, 1.54) is 11.8 Å². The molecule has 2 N–H and O–H groups in total. The fourth-order valence-corrected chi connectivity index (χ4v) is 3.77. The van der Waals surface area contributed by atoms with Crippen LogP contribution in [0.4, 0.5) is 5.69 Å².